The molecule has 2 heterocycles. The molecule has 0 bridgehead atoms. The number of sulfonamides is 1. The number of aromatic hydroxyl groups is 1. The van der Waals surface area contributed by atoms with Crippen LogP contribution in [0.3, 0.4) is 0 Å². The lowest BCUT2D eigenvalue weighted by Gasteiger charge is -2.35. The number of nitrogens with one attached hydrogen (secondary N) is 1. The minimum atomic E-state index is -3.56. The highest BCUT2D eigenvalue weighted by molar-refractivity contribution is 7.89. The zero-order valence-electron chi connectivity index (χ0n) is 11.7. The molecule has 7 heteroatoms. The van der Waals surface area contributed by atoms with Crippen LogP contribution < -0.4 is 4.72 Å². The van der Waals surface area contributed by atoms with E-state index in [1.54, 1.807) is 0 Å². The van der Waals surface area contributed by atoms with Gasteiger partial charge in [0.25, 0.3) is 0 Å². The third-order valence-electron chi connectivity index (χ3n) is 4.11. The van der Waals surface area contributed by atoms with E-state index in [0.29, 0.717) is 12.6 Å². The maximum absolute atomic E-state index is 12.2. The Bertz CT molecular complexity index is 587. The Kier molecular flexibility index (Phi) is 4.17. The quantitative estimate of drug-likeness (QED) is 0.848. The van der Waals surface area contributed by atoms with Crippen LogP contribution in [-0.4, -0.2) is 56.8 Å². The Balaban J connectivity index is 1.58. The Labute approximate surface area is 124 Å². The number of rotatable bonds is 4. The summed E-state index contributed by atoms with van der Waals surface area (Å²) in [7, 11) is -3.56. The average Bonchev–Trinajstić information content (AvgIpc) is 2.93. The summed E-state index contributed by atoms with van der Waals surface area (Å²) in [5, 5.41) is 9.20. The zero-order valence-corrected chi connectivity index (χ0v) is 12.6. The molecule has 116 valence electrons. The van der Waals surface area contributed by atoms with Crippen molar-refractivity contribution < 1.29 is 18.3 Å². The van der Waals surface area contributed by atoms with Crippen molar-refractivity contribution in [2.24, 2.45) is 0 Å². The summed E-state index contributed by atoms with van der Waals surface area (Å²) in [6.45, 7) is 2.82. The van der Waals surface area contributed by atoms with Crippen molar-refractivity contribution in [3.63, 3.8) is 0 Å². The van der Waals surface area contributed by atoms with Crippen molar-refractivity contribution in [1.29, 1.82) is 0 Å². The van der Waals surface area contributed by atoms with Crippen molar-refractivity contribution in [1.82, 2.24) is 9.62 Å². The normalized spacial score (nSPS) is 26.7. The third-order valence-corrected chi connectivity index (χ3v) is 5.55. The Morgan fingerprint density at radius 2 is 2.10 bits per heavy atom. The fourth-order valence-electron chi connectivity index (χ4n) is 2.92. The molecule has 2 fully saturated rings. The second kappa shape index (κ2) is 5.92. The summed E-state index contributed by atoms with van der Waals surface area (Å²) in [4.78, 5) is 2.53. The van der Waals surface area contributed by atoms with Crippen molar-refractivity contribution >= 4 is 10.0 Å². The Morgan fingerprint density at radius 1 is 1.33 bits per heavy atom. The van der Waals surface area contributed by atoms with Gasteiger partial charge in [-0.25, -0.2) is 13.1 Å². The van der Waals surface area contributed by atoms with Gasteiger partial charge in [-0.3, -0.25) is 4.90 Å². The number of phenols is 1. The lowest BCUT2D eigenvalue weighted by Crippen LogP contribution is -2.50. The van der Waals surface area contributed by atoms with Crippen LogP contribution in [0.1, 0.15) is 12.8 Å². The van der Waals surface area contributed by atoms with E-state index in [-0.39, 0.29) is 23.3 Å². The molecule has 2 unspecified atom stereocenters. The second-order valence-electron chi connectivity index (χ2n) is 5.59. The molecule has 0 aromatic heterocycles. The molecule has 0 spiro atoms. The highest BCUT2D eigenvalue weighted by Crippen LogP contribution is 2.22. The van der Waals surface area contributed by atoms with Gasteiger partial charge in [-0.15, -0.1) is 0 Å². The van der Waals surface area contributed by atoms with Crippen molar-refractivity contribution in [3.05, 3.63) is 24.3 Å². The van der Waals surface area contributed by atoms with Gasteiger partial charge < -0.3 is 9.84 Å². The topological polar surface area (TPSA) is 78.9 Å². The Morgan fingerprint density at radius 3 is 2.86 bits per heavy atom. The number of hydrogen-bond donors (Lipinski definition) is 2. The smallest absolute Gasteiger partial charge is 0.240 e. The van der Waals surface area contributed by atoms with Crippen LogP contribution in [0.5, 0.6) is 5.75 Å². The largest absolute Gasteiger partial charge is 0.508 e. The minimum absolute atomic E-state index is 0.0460. The number of ether oxygens (including phenoxy) is 1. The van der Waals surface area contributed by atoms with E-state index in [1.165, 1.54) is 37.1 Å². The predicted molar refractivity (Wildman–Crippen MR) is 77.6 cm³/mol. The molecule has 3 rings (SSSR count). The van der Waals surface area contributed by atoms with Crippen LogP contribution in [-0.2, 0) is 14.8 Å². The van der Waals surface area contributed by atoms with E-state index in [0.717, 1.165) is 13.1 Å². The molecule has 0 saturated carbocycles. The fourth-order valence-corrected chi connectivity index (χ4v) is 3.99. The molecule has 2 atom stereocenters. The molecular weight excluding hydrogens is 292 g/mol. The standard InChI is InChI=1S/C14H20N2O4S/c17-12-3-5-14(6-4-12)21(18,19)15-8-13-9-16-7-1-2-11(16)10-20-13/h3-6,11,13,15,17H,1-2,7-10H2. The van der Waals surface area contributed by atoms with E-state index >= 15 is 0 Å². The van der Waals surface area contributed by atoms with Gasteiger partial charge >= 0.3 is 0 Å². The molecule has 2 saturated heterocycles. The van der Waals surface area contributed by atoms with Crippen LogP contribution in [0.2, 0.25) is 0 Å². The molecule has 1 aromatic carbocycles. The summed E-state index contributed by atoms with van der Waals surface area (Å²) in [6.07, 6.45) is 2.26. The average molecular weight is 312 g/mol. The van der Waals surface area contributed by atoms with Crippen molar-refractivity contribution in [2.75, 3.05) is 26.2 Å². The van der Waals surface area contributed by atoms with Crippen LogP contribution in [0, 0.1) is 0 Å². The molecule has 21 heavy (non-hydrogen) atoms. The lowest BCUT2D eigenvalue weighted by atomic mass is 10.2. The monoisotopic (exact) mass is 312 g/mol. The first kappa shape index (κ1) is 14.8. The van der Waals surface area contributed by atoms with Gasteiger partial charge in [-0.05, 0) is 43.7 Å². The van der Waals surface area contributed by atoms with E-state index in [4.69, 9.17) is 4.74 Å². The van der Waals surface area contributed by atoms with Crippen LogP contribution in [0.15, 0.2) is 29.2 Å². The second-order valence-corrected chi connectivity index (χ2v) is 7.36. The third kappa shape index (κ3) is 3.37. The van der Waals surface area contributed by atoms with E-state index in [1.807, 2.05) is 0 Å². The number of phenolic OH excluding ortho intramolecular Hbond substituents is 1. The van der Waals surface area contributed by atoms with E-state index in [2.05, 4.69) is 9.62 Å². The van der Waals surface area contributed by atoms with Crippen LogP contribution in [0.4, 0.5) is 0 Å². The summed E-state index contributed by atoms with van der Waals surface area (Å²) in [5.41, 5.74) is 0. The lowest BCUT2D eigenvalue weighted by molar-refractivity contribution is -0.0449. The summed E-state index contributed by atoms with van der Waals surface area (Å²) < 4.78 is 32.6. The highest BCUT2D eigenvalue weighted by atomic mass is 32.2. The molecule has 0 radical (unpaired) electrons. The van der Waals surface area contributed by atoms with Gasteiger partial charge in [0.05, 0.1) is 17.6 Å². The van der Waals surface area contributed by atoms with Gasteiger partial charge in [0.15, 0.2) is 0 Å². The fraction of sp³-hybridized carbons (Fsp3) is 0.571. The molecular formula is C14H20N2O4S. The molecule has 2 aliphatic heterocycles. The van der Waals surface area contributed by atoms with Gasteiger partial charge in [0, 0.05) is 19.1 Å². The summed E-state index contributed by atoms with van der Waals surface area (Å²) in [6, 6.07) is 6.00. The molecule has 1 aromatic rings. The SMILES string of the molecule is O=S(=O)(NCC1CN2CCCC2CO1)c1ccc(O)cc1. The molecule has 6 nitrogen and oxygen atoms in total. The zero-order chi connectivity index (χ0) is 14.9. The summed E-state index contributed by atoms with van der Waals surface area (Å²) in [5.74, 6) is 0.0460. The van der Waals surface area contributed by atoms with Gasteiger partial charge in [0.1, 0.15) is 5.75 Å². The molecule has 0 aliphatic carbocycles. The molecule has 2 N–H and O–H groups in total. The van der Waals surface area contributed by atoms with Gasteiger partial charge in [-0.2, -0.15) is 0 Å². The number of benzene rings is 1. The first-order valence-electron chi connectivity index (χ1n) is 7.19. The maximum Gasteiger partial charge on any atom is 0.240 e. The molecule has 2 aliphatic rings. The van der Waals surface area contributed by atoms with Crippen LogP contribution in [0.25, 0.3) is 0 Å². The van der Waals surface area contributed by atoms with Crippen molar-refractivity contribution in [3.8, 4) is 5.75 Å². The summed E-state index contributed by atoms with van der Waals surface area (Å²) >= 11 is 0. The first-order valence-corrected chi connectivity index (χ1v) is 8.67. The van der Waals surface area contributed by atoms with Gasteiger partial charge in [-0.1, -0.05) is 0 Å². The van der Waals surface area contributed by atoms with E-state index in [9.17, 15) is 13.5 Å². The highest BCUT2D eigenvalue weighted by Gasteiger charge is 2.32. The minimum Gasteiger partial charge on any atom is -0.508 e. The molecule has 0 amide bonds. The number of morpholine rings is 1. The first-order chi connectivity index (χ1) is 10.0. The predicted octanol–water partition coefficient (Wildman–Crippen LogP) is 0.534. The number of fused-ring (bicyclic) bond motifs is 1. The Hall–Kier alpha value is -1.15. The van der Waals surface area contributed by atoms with Crippen LogP contribution >= 0.6 is 0 Å². The van der Waals surface area contributed by atoms with E-state index < -0.39 is 10.0 Å². The maximum atomic E-state index is 12.2. The number of hydrogen-bond acceptors (Lipinski definition) is 5. The number of nitrogens with zero attached hydrogens (tertiary/aromatic N) is 1. The van der Waals surface area contributed by atoms with Gasteiger partial charge in [0.2, 0.25) is 10.0 Å². The van der Waals surface area contributed by atoms with Crippen molar-refractivity contribution in [2.45, 2.75) is 29.9 Å².